The van der Waals surface area contributed by atoms with Gasteiger partial charge < -0.3 is 14.6 Å². The SMILES string of the molecule is C/C1=C/C2COC(=O)CC(O)C(O2)C(=O)C(C)CC(C)CCC1. The highest BCUT2D eigenvalue weighted by Crippen LogP contribution is 2.25. The largest absolute Gasteiger partial charge is 0.462 e. The second kappa shape index (κ2) is 8.06. The maximum atomic E-state index is 12.7. The summed E-state index contributed by atoms with van der Waals surface area (Å²) in [5.74, 6) is -0.337. The molecule has 0 aromatic rings. The van der Waals surface area contributed by atoms with Crippen molar-refractivity contribution in [1.29, 1.82) is 0 Å². The van der Waals surface area contributed by atoms with Gasteiger partial charge in [0, 0.05) is 5.92 Å². The average Bonchev–Trinajstić information content (AvgIpc) is 2.46. The highest BCUT2D eigenvalue weighted by atomic mass is 16.6. The normalized spacial score (nSPS) is 39.8. The van der Waals surface area contributed by atoms with Gasteiger partial charge in [-0.2, -0.15) is 0 Å². The van der Waals surface area contributed by atoms with Crippen molar-refractivity contribution >= 4 is 11.8 Å². The zero-order chi connectivity index (χ0) is 17.0. The van der Waals surface area contributed by atoms with Gasteiger partial charge >= 0.3 is 5.97 Å². The molecule has 130 valence electrons. The smallest absolute Gasteiger partial charge is 0.308 e. The maximum Gasteiger partial charge on any atom is 0.308 e. The molecular formula is C18H28O5. The molecule has 2 heterocycles. The van der Waals surface area contributed by atoms with E-state index in [1.807, 2.05) is 19.9 Å². The Balaban J connectivity index is 2.29. The number of aliphatic hydroxyl groups is 1. The summed E-state index contributed by atoms with van der Waals surface area (Å²) < 4.78 is 11.0. The van der Waals surface area contributed by atoms with Crippen LogP contribution in [0.3, 0.4) is 0 Å². The van der Waals surface area contributed by atoms with E-state index in [2.05, 4.69) is 6.92 Å². The predicted octanol–water partition coefficient (Wildman–Crippen LogP) is 2.41. The van der Waals surface area contributed by atoms with Crippen LogP contribution in [-0.4, -0.2) is 41.8 Å². The van der Waals surface area contributed by atoms with E-state index in [-0.39, 0.29) is 24.7 Å². The summed E-state index contributed by atoms with van der Waals surface area (Å²) in [5, 5.41) is 10.3. The maximum absolute atomic E-state index is 12.7. The van der Waals surface area contributed by atoms with Gasteiger partial charge in [0.1, 0.15) is 18.8 Å². The molecule has 5 unspecified atom stereocenters. The second-order valence-electron chi connectivity index (χ2n) is 7.10. The lowest BCUT2D eigenvalue weighted by Gasteiger charge is -2.31. The molecule has 2 bridgehead atoms. The minimum absolute atomic E-state index is 0.0947. The van der Waals surface area contributed by atoms with Crippen molar-refractivity contribution in [2.75, 3.05) is 6.61 Å². The number of hydrogen-bond acceptors (Lipinski definition) is 5. The summed E-state index contributed by atoms with van der Waals surface area (Å²) in [6.45, 7) is 6.16. The van der Waals surface area contributed by atoms with Crippen molar-refractivity contribution in [1.82, 2.24) is 0 Å². The molecule has 0 spiro atoms. The van der Waals surface area contributed by atoms with E-state index in [0.29, 0.717) is 5.92 Å². The molecule has 5 heteroatoms. The summed E-state index contributed by atoms with van der Waals surface area (Å²) in [5.41, 5.74) is 1.16. The number of aliphatic hydroxyl groups excluding tert-OH is 1. The third-order valence-electron chi connectivity index (χ3n) is 4.72. The van der Waals surface area contributed by atoms with E-state index in [1.165, 1.54) is 0 Å². The number of rotatable bonds is 0. The number of esters is 1. The number of Topliss-reactive ketones (excluding diaryl/α,β-unsaturated/α-hetero) is 1. The fourth-order valence-electron chi connectivity index (χ4n) is 3.42. The first-order chi connectivity index (χ1) is 10.9. The monoisotopic (exact) mass is 324 g/mol. The summed E-state index contributed by atoms with van der Waals surface area (Å²) in [6.07, 6.45) is 3.03. The fourth-order valence-corrected chi connectivity index (χ4v) is 3.42. The van der Waals surface area contributed by atoms with E-state index in [0.717, 1.165) is 31.3 Å². The number of ketones is 1. The molecule has 5 nitrogen and oxygen atoms in total. The summed E-state index contributed by atoms with van der Waals surface area (Å²) >= 11 is 0. The molecule has 0 aliphatic carbocycles. The summed E-state index contributed by atoms with van der Waals surface area (Å²) in [4.78, 5) is 24.4. The molecule has 2 aliphatic heterocycles. The number of fused-ring (bicyclic) bond motifs is 2. The van der Waals surface area contributed by atoms with Crippen molar-refractivity contribution in [3.8, 4) is 0 Å². The Bertz CT molecular complexity index is 470. The number of carbonyl (C=O) groups is 2. The Labute approximate surface area is 138 Å². The van der Waals surface area contributed by atoms with Crippen molar-refractivity contribution in [2.45, 2.75) is 71.2 Å². The third kappa shape index (κ3) is 5.15. The van der Waals surface area contributed by atoms with E-state index in [1.54, 1.807) is 0 Å². The summed E-state index contributed by atoms with van der Waals surface area (Å²) in [7, 11) is 0. The average molecular weight is 324 g/mol. The number of carbonyl (C=O) groups excluding carboxylic acids is 2. The molecule has 0 aromatic heterocycles. The van der Waals surface area contributed by atoms with Gasteiger partial charge in [-0.25, -0.2) is 0 Å². The highest BCUT2D eigenvalue weighted by molar-refractivity contribution is 5.86. The first-order valence-corrected chi connectivity index (χ1v) is 8.57. The minimum atomic E-state index is -1.15. The Morgan fingerprint density at radius 2 is 2.00 bits per heavy atom. The van der Waals surface area contributed by atoms with Crippen molar-refractivity contribution in [3.63, 3.8) is 0 Å². The standard InChI is InChI=1S/C18H28O5/c1-11-5-4-6-12(2)8-14-10-22-16(20)9-15(19)18(23-14)17(21)13(3)7-11/h8,11,13-15,18-19H,4-7,9-10H2,1-3H3/b12-8-. The first-order valence-electron chi connectivity index (χ1n) is 8.57. The van der Waals surface area contributed by atoms with Gasteiger partial charge in [-0.05, 0) is 32.1 Å². The van der Waals surface area contributed by atoms with Crippen LogP contribution in [0.1, 0.15) is 52.9 Å². The van der Waals surface area contributed by atoms with Crippen LogP contribution in [0.25, 0.3) is 0 Å². The summed E-state index contributed by atoms with van der Waals surface area (Å²) in [6, 6.07) is 0. The molecule has 0 amide bonds. The van der Waals surface area contributed by atoms with E-state index >= 15 is 0 Å². The van der Waals surface area contributed by atoms with E-state index in [9.17, 15) is 14.7 Å². The van der Waals surface area contributed by atoms with Crippen molar-refractivity contribution in [2.24, 2.45) is 11.8 Å². The van der Waals surface area contributed by atoms with E-state index < -0.39 is 24.3 Å². The molecule has 0 saturated carbocycles. The van der Waals surface area contributed by atoms with Crippen LogP contribution in [0.15, 0.2) is 11.6 Å². The van der Waals surface area contributed by atoms with E-state index in [4.69, 9.17) is 9.47 Å². The molecular weight excluding hydrogens is 296 g/mol. The fraction of sp³-hybridized carbons (Fsp3) is 0.778. The Kier molecular flexibility index (Phi) is 6.36. The lowest BCUT2D eigenvalue weighted by Crippen LogP contribution is -2.46. The van der Waals surface area contributed by atoms with Gasteiger partial charge in [-0.1, -0.05) is 31.9 Å². The van der Waals surface area contributed by atoms with Crippen molar-refractivity contribution < 1.29 is 24.2 Å². The zero-order valence-electron chi connectivity index (χ0n) is 14.3. The quantitative estimate of drug-likeness (QED) is 0.547. The van der Waals surface area contributed by atoms with Gasteiger partial charge in [0.15, 0.2) is 5.78 Å². The molecule has 1 saturated heterocycles. The van der Waals surface area contributed by atoms with Gasteiger partial charge in [-0.3, -0.25) is 9.59 Å². The lowest BCUT2D eigenvalue weighted by molar-refractivity contribution is -0.169. The van der Waals surface area contributed by atoms with Gasteiger partial charge in [0.2, 0.25) is 0 Å². The van der Waals surface area contributed by atoms with Crippen LogP contribution < -0.4 is 0 Å². The lowest BCUT2D eigenvalue weighted by atomic mass is 9.86. The molecule has 1 N–H and O–H groups in total. The van der Waals surface area contributed by atoms with Gasteiger partial charge in [0.05, 0.1) is 12.5 Å². The Hall–Kier alpha value is -1.20. The molecule has 0 aromatic carbocycles. The zero-order valence-corrected chi connectivity index (χ0v) is 14.3. The van der Waals surface area contributed by atoms with Gasteiger partial charge in [0.25, 0.3) is 0 Å². The molecule has 23 heavy (non-hydrogen) atoms. The minimum Gasteiger partial charge on any atom is -0.462 e. The number of cyclic esters (lactones) is 1. The van der Waals surface area contributed by atoms with Crippen LogP contribution in [-0.2, 0) is 19.1 Å². The van der Waals surface area contributed by atoms with Crippen LogP contribution in [0.5, 0.6) is 0 Å². The highest BCUT2D eigenvalue weighted by Gasteiger charge is 2.36. The number of hydrogen-bond donors (Lipinski definition) is 1. The molecule has 5 atom stereocenters. The van der Waals surface area contributed by atoms with Crippen LogP contribution >= 0.6 is 0 Å². The molecule has 1 fully saturated rings. The first kappa shape index (κ1) is 18.1. The Morgan fingerprint density at radius 1 is 1.26 bits per heavy atom. The van der Waals surface area contributed by atoms with Gasteiger partial charge in [-0.15, -0.1) is 0 Å². The Morgan fingerprint density at radius 3 is 2.74 bits per heavy atom. The molecule has 0 radical (unpaired) electrons. The van der Waals surface area contributed by atoms with Crippen LogP contribution in [0.4, 0.5) is 0 Å². The van der Waals surface area contributed by atoms with Crippen LogP contribution in [0.2, 0.25) is 0 Å². The molecule has 2 aliphatic rings. The number of allylic oxidation sites excluding steroid dienone is 1. The topological polar surface area (TPSA) is 72.8 Å². The number of ether oxygens (including phenoxy) is 2. The predicted molar refractivity (Wildman–Crippen MR) is 85.8 cm³/mol. The second-order valence-corrected chi connectivity index (χ2v) is 7.10. The van der Waals surface area contributed by atoms with Crippen molar-refractivity contribution in [3.05, 3.63) is 11.6 Å². The van der Waals surface area contributed by atoms with Crippen LogP contribution in [0, 0.1) is 11.8 Å². The third-order valence-corrected chi connectivity index (χ3v) is 4.72. The molecule has 2 rings (SSSR count).